The van der Waals surface area contributed by atoms with Gasteiger partial charge in [-0.3, -0.25) is 4.79 Å². The van der Waals surface area contributed by atoms with Crippen LogP contribution in [0.4, 0.5) is 0 Å². The maximum absolute atomic E-state index is 11.9. The van der Waals surface area contributed by atoms with Crippen molar-refractivity contribution >= 4 is 23.6 Å². The normalized spacial score (nSPS) is 18.8. The van der Waals surface area contributed by atoms with Crippen LogP contribution in [0.1, 0.15) is 13.3 Å². The summed E-state index contributed by atoms with van der Waals surface area (Å²) >= 11 is 1.82. The number of esters is 1. The van der Waals surface area contributed by atoms with Crippen LogP contribution in [0.15, 0.2) is 0 Å². The number of nitrogens with two attached hydrogens (primary N) is 1. The minimum atomic E-state index is -1.16. The molecule has 1 aliphatic heterocycles. The van der Waals surface area contributed by atoms with Gasteiger partial charge in [-0.15, -0.1) is 0 Å². The van der Waals surface area contributed by atoms with Gasteiger partial charge in [0.1, 0.15) is 0 Å². The number of nitrogens with zero attached hydrogens (tertiary/aromatic N) is 1. The van der Waals surface area contributed by atoms with E-state index >= 15 is 0 Å². The lowest BCUT2D eigenvalue weighted by molar-refractivity contribution is -0.150. The maximum atomic E-state index is 11.9. The SMILES string of the molecule is CCOC(=O)C(N)C(=O)N1CCCSCC1. The molecule has 16 heavy (non-hydrogen) atoms. The van der Waals surface area contributed by atoms with Crippen LogP contribution in [-0.4, -0.2) is 54.0 Å². The Morgan fingerprint density at radius 2 is 2.19 bits per heavy atom. The van der Waals surface area contributed by atoms with Crippen molar-refractivity contribution in [2.75, 3.05) is 31.2 Å². The van der Waals surface area contributed by atoms with Crippen LogP contribution >= 0.6 is 11.8 Å². The average Bonchev–Trinajstić information content (AvgIpc) is 2.56. The molecule has 0 saturated carbocycles. The van der Waals surface area contributed by atoms with Gasteiger partial charge in [0.05, 0.1) is 6.61 Å². The summed E-state index contributed by atoms with van der Waals surface area (Å²) in [6, 6.07) is -1.16. The number of ether oxygens (including phenoxy) is 1. The van der Waals surface area contributed by atoms with Crippen molar-refractivity contribution in [1.29, 1.82) is 0 Å². The van der Waals surface area contributed by atoms with Gasteiger partial charge in [0.15, 0.2) is 6.04 Å². The Labute approximate surface area is 99.7 Å². The largest absolute Gasteiger partial charge is 0.464 e. The van der Waals surface area contributed by atoms with Crippen LogP contribution in [-0.2, 0) is 14.3 Å². The maximum Gasteiger partial charge on any atom is 0.332 e. The third kappa shape index (κ3) is 3.68. The first-order chi connectivity index (χ1) is 7.66. The van der Waals surface area contributed by atoms with Gasteiger partial charge < -0.3 is 15.4 Å². The molecule has 0 spiro atoms. The standard InChI is InChI=1S/C10H18N2O3S/c1-2-15-10(14)8(11)9(13)12-4-3-6-16-7-5-12/h8H,2-7,11H2,1H3. The molecule has 1 unspecified atom stereocenters. The molecule has 0 radical (unpaired) electrons. The van der Waals surface area contributed by atoms with Crippen LogP contribution < -0.4 is 5.73 Å². The van der Waals surface area contributed by atoms with E-state index < -0.39 is 12.0 Å². The van der Waals surface area contributed by atoms with Crippen molar-refractivity contribution in [3.63, 3.8) is 0 Å². The highest BCUT2D eigenvalue weighted by atomic mass is 32.2. The second kappa shape index (κ2) is 6.75. The first kappa shape index (κ1) is 13.3. The predicted molar refractivity (Wildman–Crippen MR) is 63.1 cm³/mol. The number of carbonyl (C=O) groups excluding carboxylic acids is 2. The summed E-state index contributed by atoms with van der Waals surface area (Å²) < 4.78 is 4.73. The van der Waals surface area contributed by atoms with E-state index in [1.807, 2.05) is 11.8 Å². The zero-order chi connectivity index (χ0) is 12.0. The summed E-state index contributed by atoms with van der Waals surface area (Å²) in [4.78, 5) is 24.8. The molecular formula is C10H18N2O3S. The first-order valence-corrected chi connectivity index (χ1v) is 6.61. The molecule has 0 aliphatic carbocycles. The molecule has 1 aliphatic rings. The summed E-state index contributed by atoms with van der Waals surface area (Å²) in [5.41, 5.74) is 5.56. The quantitative estimate of drug-likeness (QED) is 0.553. The zero-order valence-corrected chi connectivity index (χ0v) is 10.3. The van der Waals surface area contributed by atoms with Crippen LogP contribution in [0.25, 0.3) is 0 Å². The second-order valence-electron chi connectivity index (χ2n) is 3.52. The molecule has 0 aromatic heterocycles. The Balaban J connectivity index is 2.50. The van der Waals surface area contributed by atoms with E-state index in [0.717, 1.165) is 17.9 Å². The van der Waals surface area contributed by atoms with E-state index in [-0.39, 0.29) is 12.5 Å². The molecule has 6 heteroatoms. The van der Waals surface area contributed by atoms with Crippen molar-refractivity contribution < 1.29 is 14.3 Å². The van der Waals surface area contributed by atoms with Crippen LogP contribution in [0.5, 0.6) is 0 Å². The lowest BCUT2D eigenvalue weighted by Gasteiger charge is -2.22. The highest BCUT2D eigenvalue weighted by Gasteiger charge is 2.28. The number of hydrogen-bond donors (Lipinski definition) is 1. The van der Waals surface area contributed by atoms with Gasteiger partial charge in [0.25, 0.3) is 5.91 Å². The Morgan fingerprint density at radius 1 is 1.44 bits per heavy atom. The molecule has 1 heterocycles. The fourth-order valence-electron chi connectivity index (χ4n) is 1.50. The number of rotatable bonds is 3. The van der Waals surface area contributed by atoms with Crippen LogP contribution in [0.2, 0.25) is 0 Å². The van der Waals surface area contributed by atoms with E-state index in [9.17, 15) is 9.59 Å². The molecular weight excluding hydrogens is 228 g/mol. The molecule has 5 nitrogen and oxygen atoms in total. The monoisotopic (exact) mass is 246 g/mol. The van der Waals surface area contributed by atoms with Crippen molar-refractivity contribution in [2.24, 2.45) is 5.73 Å². The van der Waals surface area contributed by atoms with E-state index in [2.05, 4.69) is 0 Å². The van der Waals surface area contributed by atoms with E-state index in [0.29, 0.717) is 13.1 Å². The Kier molecular flexibility index (Phi) is 5.62. The molecule has 2 N–H and O–H groups in total. The van der Waals surface area contributed by atoms with Gasteiger partial charge in [0.2, 0.25) is 0 Å². The molecule has 0 aromatic rings. The second-order valence-corrected chi connectivity index (χ2v) is 4.75. The minimum Gasteiger partial charge on any atom is -0.464 e. The van der Waals surface area contributed by atoms with E-state index in [4.69, 9.17) is 10.5 Å². The van der Waals surface area contributed by atoms with Gasteiger partial charge >= 0.3 is 5.97 Å². The number of carbonyl (C=O) groups is 2. The van der Waals surface area contributed by atoms with Crippen molar-refractivity contribution in [3.05, 3.63) is 0 Å². The molecule has 92 valence electrons. The third-order valence-electron chi connectivity index (χ3n) is 2.34. The fraction of sp³-hybridized carbons (Fsp3) is 0.800. The lowest BCUT2D eigenvalue weighted by atomic mass is 10.2. The Bertz CT molecular complexity index is 252. The summed E-state index contributed by atoms with van der Waals surface area (Å²) in [5.74, 6) is 1.00. The number of thioether (sulfide) groups is 1. The molecule has 1 fully saturated rings. The van der Waals surface area contributed by atoms with Crippen LogP contribution in [0.3, 0.4) is 0 Å². The highest BCUT2D eigenvalue weighted by Crippen LogP contribution is 2.10. The summed E-state index contributed by atoms with van der Waals surface area (Å²) in [7, 11) is 0. The van der Waals surface area contributed by atoms with Gasteiger partial charge in [-0.25, -0.2) is 4.79 Å². The van der Waals surface area contributed by atoms with Gasteiger partial charge in [0, 0.05) is 18.8 Å². The van der Waals surface area contributed by atoms with Crippen molar-refractivity contribution in [3.8, 4) is 0 Å². The topological polar surface area (TPSA) is 72.6 Å². The molecule has 1 rings (SSSR count). The molecule has 1 saturated heterocycles. The summed E-state index contributed by atoms with van der Waals surface area (Å²) in [6.07, 6.45) is 0.950. The average molecular weight is 246 g/mol. The number of amides is 1. The predicted octanol–water partition coefficient (Wildman–Crippen LogP) is -0.158. The highest BCUT2D eigenvalue weighted by molar-refractivity contribution is 7.99. The first-order valence-electron chi connectivity index (χ1n) is 5.45. The van der Waals surface area contributed by atoms with Crippen molar-refractivity contribution in [1.82, 2.24) is 4.90 Å². The van der Waals surface area contributed by atoms with Crippen LogP contribution in [0, 0.1) is 0 Å². The van der Waals surface area contributed by atoms with E-state index in [1.54, 1.807) is 11.8 Å². The fourth-order valence-corrected chi connectivity index (χ4v) is 2.38. The molecule has 0 bridgehead atoms. The smallest absolute Gasteiger partial charge is 0.332 e. The third-order valence-corrected chi connectivity index (χ3v) is 3.39. The minimum absolute atomic E-state index is 0.246. The number of hydrogen-bond acceptors (Lipinski definition) is 5. The van der Waals surface area contributed by atoms with Gasteiger partial charge in [-0.05, 0) is 19.1 Å². The lowest BCUT2D eigenvalue weighted by Crippen LogP contribution is -2.49. The Morgan fingerprint density at radius 3 is 2.88 bits per heavy atom. The van der Waals surface area contributed by atoms with Gasteiger partial charge in [-0.2, -0.15) is 11.8 Å². The summed E-state index contributed by atoms with van der Waals surface area (Å²) in [6.45, 7) is 3.28. The van der Waals surface area contributed by atoms with Gasteiger partial charge in [-0.1, -0.05) is 0 Å². The zero-order valence-electron chi connectivity index (χ0n) is 9.48. The summed E-state index contributed by atoms with van der Waals surface area (Å²) in [5, 5.41) is 0. The molecule has 0 aromatic carbocycles. The van der Waals surface area contributed by atoms with Crippen molar-refractivity contribution in [2.45, 2.75) is 19.4 Å². The Hall–Kier alpha value is -0.750. The molecule has 1 amide bonds. The molecule has 1 atom stereocenters. The van der Waals surface area contributed by atoms with E-state index in [1.165, 1.54) is 0 Å².